The van der Waals surface area contributed by atoms with Crippen molar-refractivity contribution in [3.05, 3.63) is 48.2 Å². The molecular weight excluding hydrogens is 350 g/mol. The highest BCUT2D eigenvalue weighted by atomic mass is 16.7. The quantitative estimate of drug-likeness (QED) is 0.598. The van der Waals surface area contributed by atoms with Crippen LogP contribution in [0.25, 0.3) is 0 Å². The molecule has 0 aromatic heterocycles. The Labute approximate surface area is 155 Å². The van der Waals surface area contributed by atoms with Gasteiger partial charge in [0.25, 0.3) is 5.91 Å². The predicted octanol–water partition coefficient (Wildman–Crippen LogP) is 2.89. The molecule has 3 rings (SSSR count). The molecule has 0 spiro atoms. The third-order valence-electron chi connectivity index (χ3n) is 3.76. The summed E-state index contributed by atoms with van der Waals surface area (Å²) in [5, 5.41) is 14.8. The molecule has 2 aromatic carbocycles. The fourth-order valence-electron chi connectivity index (χ4n) is 2.40. The zero-order chi connectivity index (χ0) is 19.2. The maximum Gasteiger partial charge on any atom is 0.267 e. The second-order valence-corrected chi connectivity index (χ2v) is 5.41. The Morgan fingerprint density at radius 2 is 1.81 bits per heavy atom. The van der Waals surface area contributed by atoms with Crippen LogP contribution in [-0.4, -0.2) is 26.9 Å². The minimum absolute atomic E-state index is 0.0950. The Balaban J connectivity index is 1.70. The number of carbonyl (C=O) groups excluding carboxylic acids is 1. The van der Waals surface area contributed by atoms with Crippen molar-refractivity contribution in [3.63, 3.8) is 0 Å². The van der Waals surface area contributed by atoms with Crippen LogP contribution in [0.1, 0.15) is 0 Å². The fourth-order valence-corrected chi connectivity index (χ4v) is 2.40. The molecule has 0 saturated carbocycles. The standard InChI is InChI=1S/C19H17N3O5/c1-24-15-5-4-14(8-17(15)25-2)22-19(23)12(9-20)10-21-13-3-6-16-18(7-13)27-11-26-16/h3-8,10,21H,11H2,1-2H3,(H,22,23)/b12-10-. The number of fused-ring (bicyclic) bond motifs is 1. The van der Waals surface area contributed by atoms with Crippen molar-refractivity contribution in [2.45, 2.75) is 0 Å². The van der Waals surface area contributed by atoms with E-state index >= 15 is 0 Å². The zero-order valence-electron chi connectivity index (χ0n) is 14.7. The molecule has 27 heavy (non-hydrogen) atoms. The van der Waals surface area contributed by atoms with Gasteiger partial charge in [0.15, 0.2) is 23.0 Å². The van der Waals surface area contributed by atoms with E-state index in [-0.39, 0.29) is 12.4 Å². The Kier molecular flexibility index (Phi) is 5.33. The van der Waals surface area contributed by atoms with E-state index in [1.807, 2.05) is 6.07 Å². The van der Waals surface area contributed by atoms with Gasteiger partial charge in [-0.15, -0.1) is 0 Å². The number of nitrogens with zero attached hydrogens (tertiary/aromatic N) is 1. The van der Waals surface area contributed by atoms with Crippen molar-refractivity contribution >= 4 is 17.3 Å². The molecule has 0 fully saturated rings. The molecule has 1 heterocycles. The van der Waals surface area contributed by atoms with Gasteiger partial charge in [0.05, 0.1) is 14.2 Å². The summed E-state index contributed by atoms with van der Waals surface area (Å²) in [7, 11) is 3.02. The first kappa shape index (κ1) is 17.9. The summed E-state index contributed by atoms with van der Waals surface area (Å²) >= 11 is 0. The Morgan fingerprint density at radius 1 is 1.07 bits per heavy atom. The number of carbonyl (C=O) groups is 1. The van der Waals surface area contributed by atoms with E-state index in [1.54, 1.807) is 36.4 Å². The van der Waals surface area contributed by atoms with Crippen molar-refractivity contribution < 1.29 is 23.7 Å². The number of anilines is 2. The molecular formula is C19H17N3O5. The van der Waals surface area contributed by atoms with Crippen molar-refractivity contribution in [2.75, 3.05) is 31.6 Å². The third-order valence-corrected chi connectivity index (χ3v) is 3.76. The highest BCUT2D eigenvalue weighted by Crippen LogP contribution is 2.34. The van der Waals surface area contributed by atoms with Crippen LogP contribution in [0.4, 0.5) is 11.4 Å². The van der Waals surface area contributed by atoms with Crippen LogP contribution in [0.2, 0.25) is 0 Å². The van der Waals surface area contributed by atoms with Gasteiger partial charge in [-0.1, -0.05) is 0 Å². The maximum atomic E-state index is 12.3. The molecule has 1 amide bonds. The lowest BCUT2D eigenvalue weighted by atomic mass is 10.2. The summed E-state index contributed by atoms with van der Waals surface area (Å²) < 4.78 is 20.9. The van der Waals surface area contributed by atoms with E-state index in [0.29, 0.717) is 34.4 Å². The number of nitrogens with one attached hydrogen (secondary N) is 2. The number of rotatable bonds is 6. The summed E-state index contributed by atoms with van der Waals surface area (Å²) in [6.07, 6.45) is 1.33. The summed E-state index contributed by atoms with van der Waals surface area (Å²) in [5.74, 6) is 1.70. The van der Waals surface area contributed by atoms with Crippen molar-refractivity contribution in [1.82, 2.24) is 0 Å². The lowest BCUT2D eigenvalue weighted by Gasteiger charge is -2.10. The van der Waals surface area contributed by atoms with E-state index < -0.39 is 5.91 Å². The van der Waals surface area contributed by atoms with Gasteiger partial charge in [0, 0.05) is 29.7 Å². The van der Waals surface area contributed by atoms with Gasteiger partial charge < -0.3 is 29.6 Å². The molecule has 0 aliphatic carbocycles. The molecule has 2 aromatic rings. The van der Waals surface area contributed by atoms with Crippen LogP contribution < -0.4 is 29.6 Å². The average Bonchev–Trinajstić information content (AvgIpc) is 3.16. The van der Waals surface area contributed by atoms with E-state index in [9.17, 15) is 10.1 Å². The summed E-state index contributed by atoms with van der Waals surface area (Å²) in [6, 6.07) is 12.0. The number of hydrogen-bond donors (Lipinski definition) is 2. The van der Waals surface area contributed by atoms with Gasteiger partial charge in [-0.05, 0) is 24.3 Å². The Morgan fingerprint density at radius 3 is 2.56 bits per heavy atom. The highest BCUT2D eigenvalue weighted by Gasteiger charge is 2.14. The van der Waals surface area contributed by atoms with Gasteiger partial charge >= 0.3 is 0 Å². The lowest BCUT2D eigenvalue weighted by molar-refractivity contribution is -0.112. The molecule has 0 unspecified atom stereocenters. The predicted molar refractivity (Wildman–Crippen MR) is 98.1 cm³/mol. The number of nitriles is 1. The Bertz CT molecular complexity index is 933. The normalized spacial score (nSPS) is 12.1. The topological polar surface area (TPSA) is 102 Å². The number of benzene rings is 2. The summed E-state index contributed by atoms with van der Waals surface area (Å²) in [6.45, 7) is 0.172. The maximum absolute atomic E-state index is 12.3. The molecule has 0 atom stereocenters. The number of hydrogen-bond acceptors (Lipinski definition) is 7. The largest absolute Gasteiger partial charge is 0.493 e. The number of ether oxygens (including phenoxy) is 4. The first-order chi connectivity index (χ1) is 13.1. The van der Waals surface area contributed by atoms with E-state index in [0.717, 1.165) is 0 Å². The Hall–Kier alpha value is -3.86. The van der Waals surface area contributed by atoms with Gasteiger partial charge in [0.1, 0.15) is 11.6 Å². The average molecular weight is 367 g/mol. The van der Waals surface area contributed by atoms with Gasteiger partial charge in [-0.3, -0.25) is 4.79 Å². The molecule has 0 bridgehead atoms. The SMILES string of the molecule is COc1ccc(NC(=O)/C(C#N)=C\Nc2ccc3c(c2)OCO3)cc1OC. The smallest absolute Gasteiger partial charge is 0.267 e. The summed E-state index contributed by atoms with van der Waals surface area (Å²) in [5.41, 5.74) is 1.04. The molecule has 1 aliphatic heterocycles. The second kappa shape index (κ2) is 8.01. The lowest BCUT2D eigenvalue weighted by Crippen LogP contribution is -2.14. The minimum atomic E-state index is -0.557. The summed E-state index contributed by atoms with van der Waals surface area (Å²) in [4.78, 5) is 12.3. The van der Waals surface area contributed by atoms with E-state index in [4.69, 9.17) is 18.9 Å². The van der Waals surface area contributed by atoms with Crippen LogP contribution in [0.15, 0.2) is 48.2 Å². The molecule has 0 saturated heterocycles. The van der Waals surface area contributed by atoms with Crippen LogP contribution >= 0.6 is 0 Å². The highest BCUT2D eigenvalue weighted by molar-refractivity contribution is 6.06. The van der Waals surface area contributed by atoms with Crippen LogP contribution in [0.3, 0.4) is 0 Å². The minimum Gasteiger partial charge on any atom is -0.493 e. The van der Waals surface area contributed by atoms with E-state index in [2.05, 4.69) is 10.6 Å². The van der Waals surface area contributed by atoms with Crippen molar-refractivity contribution in [3.8, 4) is 29.1 Å². The first-order valence-electron chi connectivity index (χ1n) is 7.94. The van der Waals surface area contributed by atoms with Crippen molar-refractivity contribution in [2.24, 2.45) is 0 Å². The van der Waals surface area contributed by atoms with E-state index in [1.165, 1.54) is 20.4 Å². The van der Waals surface area contributed by atoms with Crippen LogP contribution in [-0.2, 0) is 4.79 Å². The third kappa shape index (κ3) is 4.04. The van der Waals surface area contributed by atoms with Gasteiger partial charge in [-0.25, -0.2) is 0 Å². The monoisotopic (exact) mass is 367 g/mol. The molecule has 2 N–H and O–H groups in total. The zero-order valence-corrected chi connectivity index (χ0v) is 14.7. The molecule has 1 aliphatic rings. The van der Waals surface area contributed by atoms with Crippen LogP contribution in [0.5, 0.6) is 23.0 Å². The number of methoxy groups -OCH3 is 2. The molecule has 8 heteroatoms. The van der Waals surface area contributed by atoms with Gasteiger partial charge in [-0.2, -0.15) is 5.26 Å². The number of amides is 1. The molecule has 138 valence electrons. The first-order valence-corrected chi connectivity index (χ1v) is 7.94. The van der Waals surface area contributed by atoms with Gasteiger partial charge in [0.2, 0.25) is 6.79 Å². The second-order valence-electron chi connectivity index (χ2n) is 5.41. The fraction of sp³-hybridized carbons (Fsp3) is 0.158. The van der Waals surface area contributed by atoms with Crippen molar-refractivity contribution in [1.29, 1.82) is 5.26 Å². The van der Waals surface area contributed by atoms with Crippen LogP contribution in [0, 0.1) is 11.3 Å². The molecule has 0 radical (unpaired) electrons. The molecule has 8 nitrogen and oxygen atoms in total.